The highest BCUT2D eigenvalue weighted by molar-refractivity contribution is 7.19. The number of aromatic amines is 1. The Balaban J connectivity index is 1.63. The van der Waals surface area contributed by atoms with Gasteiger partial charge >= 0.3 is 0 Å². The van der Waals surface area contributed by atoms with Gasteiger partial charge in [0, 0.05) is 25.0 Å². The lowest BCUT2D eigenvalue weighted by atomic mass is 10.3. The summed E-state index contributed by atoms with van der Waals surface area (Å²) in [5.41, 5.74) is 0.975. The van der Waals surface area contributed by atoms with E-state index in [1.165, 1.54) is 6.07 Å². The van der Waals surface area contributed by atoms with Crippen molar-refractivity contribution in [2.45, 2.75) is 6.54 Å². The highest BCUT2D eigenvalue weighted by Crippen LogP contribution is 2.40. The highest BCUT2D eigenvalue weighted by atomic mass is 35.5. The molecule has 3 rings (SSSR count). The van der Waals surface area contributed by atoms with Crippen LogP contribution in [-0.2, 0) is 6.54 Å². The van der Waals surface area contributed by atoms with Gasteiger partial charge in [0.05, 0.1) is 10.0 Å². The summed E-state index contributed by atoms with van der Waals surface area (Å²) in [5, 5.41) is 11.9. The van der Waals surface area contributed by atoms with E-state index in [1.807, 2.05) is 6.07 Å². The van der Waals surface area contributed by atoms with Gasteiger partial charge in [-0.1, -0.05) is 40.9 Å². The number of thiophene rings is 1. The summed E-state index contributed by atoms with van der Waals surface area (Å²) in [4.78, 5) is 28.5. The van der Waals surface area contributed by atoms with Gasteiger partial charge < -0.3 is 10.6 Å². The average Bonchev–Trinajstić information content (AvgIpc) is 3.21. The van der Waals surface area contributed by atoms with E-state index in [9.17, 15) is 9.59 Å². The third-order valence-electron chi connectivity index (χ3n) is 3.20. The number of pyridine rings is 1. The molecule has 3 N–H and O–H groups in total. The summed E-state index contributed by atoms with van der Waals surface area (Å²) in [7, 11) is 0. The molecule has 0 unspecified atom stereocenters. The minimum absolute atomic E-state index is 0.0770. The topological polar surface area (TPSA) is 99.8 Å². The second kappa shape index (κ2) is 8.05. The third kappa shape index (κ3) is 4.16. The van der Waals surface area contributed by atoms with Crippen molar-refractivity contribution in [3.05, 3.63) is 61.1 Å². The zero-order chi connectivity index (χ0) is 18.7. The maximum atomic E-state index is 12.2. The molecule has 0 atom stereocenters. The predicted octanol–water partition coefficient (Wildman–Crippen LogP) is 4.01. The van der Waals surface area contributed by atoms with Crippen molar-refractivity contribution in [1.29, 1.82) is 0 Å². The van der Waals surface area contributed by atoms with E-state index in [0.29, 0.717) is 6.54 Å². The molecule has 0 saturated heterocycles. The fourth-order valence-corrected chi connectivity index (χ4v) is 3.67. The van der Waals surface area contributed by atoms with Crippen molar-refractivity contribution >= 4 is 63.8 Å². The fourth-order valence-electron chi connectivity index (χ4n) is 1.97. The summed E-state index contributed by atoms with van der Waals surface area (Å²) in [6.07, 6.45) is 3.30. The molecule has 11 heteroatoms. The summed E-state index contributed by atoms with van der Waals surface area (Å²) in [5.74, 6) is -0.677. The lowest BCUT2D eigenvalue weighted by Crippen LogP contribution is -2.23. The van der Waals surface area contributed by atoms with Crippen LogP contribution in [0.25, 0.3) is 0 Å². The van der Waals surface area contributed by atoms with Gasteiger partial charge in [-0.05, 0) is 11.6 Å². The van der Waals surface area contributed by atoms with E-state index < -0.39 is 11.8 Å². The minimum atomic E-state index is -0.514. The Labute approximate surface area is 166 Å². The van der Waals surface area contributed by atoms with Crippen molar-refractivity contribution in [2.75, 3.05) is 5.32 Å². The minimum Gasteiger partial charge on any atom is -0.347 e. The van der Waals surface area contributed by atoms with Gasteiger partial charge in [0.1, 0.15) is 15.0 Å². The van der Waals surface area contributed by atoms with E-state index in [1.54, 1.807) is 18.5 Å². The number of hydrogen-bond donors (Lipinski definition) is 3. The van der Waals surface area contributed by atoms with Crippen molar-refractivity contribution in [3.63, 3.8) is 0 Å². The number of carbonyl (C=O) groups excluding carboxylic acids is 2. The molecule has 2 amide bonds. The first kappa shape index (κ1) is 18.7. The molecule has 3 aromatic rings. The molecule has 0 aliphatic rings. The quantitative estimate of drug-likeness (QED) is 0.569. The lowest BCUT2D eigenvalue weighted by Gasteiger charge is -2.02. The van der Waals surface area contributed by atoms with Crippen LogP contribution < -0.4 is 10.6 Å². The predicted molar refractivity (Wildman–Crippen MR) is 101 cm³/mol. The Morgan fingerprint density at radius 2 is 2.00 bits per heavy atom. The molecule has 134 valence electrons. The maximum Gasteiger partial charge on any atom is 0.272 e. The fraction of sp³-hybridized carbons (Fsp3) is 0.0667. The number of aromatic nitrogens is 3. The number of amides is 2. The van der Waals surface area contributed by atoms with E-state index in [-0.39, 0.29) is 30.8 Å². The summed E-state index contributed by atoms with van der Waals surface area (Å²) >= 11 is 18.6. The molecule has 0 radical (unpaired) electrons. The number of nitrogens with zero attached hydrogens (tertiary/aromatic N) is 2. The molecular weight excluding hydrogens is 421 g/mol. The zero-order valence-electron chi connectivity index (χ0n) is 12.8. The highest BCUT2D eigenvalue weighted by Gasteiger charge is 2.21. The van der Waals surface area contributed by atoms with Gasteiger partial charge in [0.25, 0.3) is 11.8 Å². The maximum absolute atomic E-state index is 12.2. The van der Waals surface area contributed by atoms with E-state index in [2.05, 4.69) is 25.8 Å². The van der Waals surface area contributed by atoms with E-state index in [4.69, 9.17) is 34.8 Å². The first-order valence-electron chi connectivity index (χ1n) is 7.13. The van der Waals surface area contributed by atoms with Crippen LogP contribution in [0.1, 0.15) is 25.7 Å². The van der Waals surface area contributed by atoms with Crippen LogP contribution in [0.2, 0.25) is 14.4 Å². The molecule has 0 aliphatic carbocycles. The standard InChI is InChI=1S/C15H10Cl3N5O2S/c16-10-11(17)13(18)26-12(10)15(25)21-9-4-8(22-23-9)14(24)20-6-7-2-1-3-19-5-7/h1-5H,6H2,(H,20,24)(H2,21,22,23,25). The van der Waals surface area contributed by atoms with Crippen LogP contribution in [0.4, 0.5) is 5.82 Å². The van der Waals surface area contributed by atoms with Crippen LogP contribution in [0.3, 0.4) is 0 Å². The monoisotopic (exact) mass is 429 g/mol. The van der Waals surface area contributed by atoms with Crippen LogP contribution >= 0.6 is 46.1 Å². The van der Waals surface area contributed by atoms with Gasteiger partial charge in [0.15, 0.2) is 5.69 Å². The molecule has 0 aromatic carbocycles. The molecule has 0 saturated carbocycles. The van der Waals surface area contributed by atoms with Crippen molar-refractivity contribution < 1.29 is 9.59 Å². The Kier molecular flexibility index (Phi) is 5.77. The van der Waals surface area contributed by atoms with Crippen molar-refractivity contribution in [2.24, 2.45) is 0 Å². The van der Waals surface area contributed by atoms with Crippen LogP contribution in [-0.4, -0.2) is 27.0 Å². The van der Waals surface area contributed by atoms with Gasteiger partial charge in [-0.2, -0.15) is 5.10 Å². The molecule has 0 spiro atoms. The molecule has 0 aliphatic heterocycles. The Hall–Kier alpha value is -2.13. The summed E-state index contributed by atoms with van der Waals surface area (Å²) < 4.78 is 0.224. The van der Waals surface area contributed by atoms with Crippen molar-refractivity contribution in [3.8, 4) is 0 Å². The molecular formula is C15H10Cl3N5O2S. The number of hydrogen-bond acceptors (Lipinski definition) is 5. The Morgan fingerprint density at radius 1 is 1.19 bits per heavy atom. The smallest absolute Gasteiger partial charge is 0.272 e. The van der Waals surface area contributed by atoms with Crippen molar-refractivity contribution in [1.82, 2.24) is 20.5 Å². The molecule has 7 nitrogen and oxygen atoms in total. The Bertz CT molecular complexity index is 958. The Morgan fingerprint density at radius 3 is 2.65 bits per heavy atom. The zero-order valence-corrected chi connectivity index (χ0v) is 15.9. The van der Waals surface area contributed by atoms with E-state index in [0.717, 1.165) is 16.9 Å². The normalized spacial score (nSPS) is 10.6. The SMILES string of the molecule is O=C(NCc1cccnc1)c1cc(NC(=O)c2sc(Cl)c(Cl)c2Cl)[nH]n1. The van der Waals surface area contributed by atoms with Gasteiger partial charge in [-0.15, -0.1) is 11.3 Å². The second-order valence-corrected chi connectivity index (χ2v) is 7.38. The van der Waals surface area contributed by atoms with Crippen LogP contribution in [0, 0.1) is 0 Å². The molecule has 3 heterocycles. The largest absolute Gasteiger partial charge is 0.347 e. The van der Waals surface area contributed by atoms with Gasteiger partial charge in [-0.3, -0.25) is 19.7 Å². The average molecular weight is 431 g/mol. The number of nitrogens with one attached hydrogen (secondary N) is 3. The summed E-state index contributed by atoms with van der Waals surface area (Å²) in [6, 6.07) is 5.02. The molecule has 0 fully saturated rings. The molecule has 26 heavy (non-hydrogen) atoms. The first-order chi connectivity index (χ1) is 12.5. The number of H-pyrrole nitrogens is 1. The number of anilines is 1. The van der Waals surface area contributed by atoms with Gasteiger partial charge in [-0.25, -0.2) is 0 Å². The molecule has 3 aromatic heterocycles. The van der Waals surface area contributed by atoms with Gasteiger partial charge in [0.2, 0.25) is 0 Å². The number of rotatable bonds is 5. The lowest BCUT2D eigenvalue weighted by molar-refractivity contribution is 0.0945. The second-order valence-electron chi connectivity index (χ2n) is 5.00. The third-order valence-corrected chi connectivity index (χ3v) is 5.77. The van der Waals surface area contributed by atoms with Crippen LogP contribution in [0.15, 0.2) is 30.6 Å². The number of halogens is 3. The van der Waals surface area contributed by atoms with Crippen LogP contribution in [0.5, 0.6) is 0 Å². The van der Waals surface area contributed by atoms with E-state index >= 15 is 0 Å². The first-order valence-corrected chi connectivity index (χ1v) is 9.08. The summed E-state index contributed by atoms with van der Waals surface area (Å²) in [6.45, 7) is 0.309. The molecule has 0 bridgehead atoms. The number of carbonyl (C=O) groups is 2.